The number of hydrogen-bond acceptors (Lipinski definition) is 7. The number of rotatable bonds is 10. The highest BCUT2D eigenvalue weighted by Crippen LogP contribution is 2.34. The van der Waals surface area contributed by atoms with Gasteiger partial charge in [0.05, 0.1) is 33.5 Å². The molecule has 5 rings (SSSR count). The number of sulfonamides is 1. The first-order valence-electron chi connectivity index (χ1n) is 14.2. The molecule has 1 fully saturated rings. The van der Waals surface area contributed by atoms with Gasteiger partial charge in [0.15, 0.2) is 11.0 Å². The van der Waals surface area contributed by atoms with Crippen molar-refractivity contribution in [2.75, 3.05) is 24.2 Å². The van der Waals surface area contributed by atoms with E-state index in [1.54, 1.807) is 28.8 Å². The summed E-state index contributed by atoms with van der Waals surface area (Å²) in [5.41, 5.74) is -0.262. The van der Waals surface area contributed by atoms with Crippen molar-refractivity contribution in [1.82, 2.24) is 24.4 Å². The van der Waals surface area contributed by atoms with Gasteiger partial charge in [-0.1, -0.05) is 45.7 Å². The SMILES string of the molecule is O=C(CSc1nnc(CNC(=O)c2ccc(S(=O)(=O)N3CCCCC3)cc2)n1-c1ccc(Br)cc1)Nc1cc(C(F)(F)F)ccc1Cl. The van der Waals surface area contributed by atoms with Gasteiger partial charge >= 0.3 is 6.18 Å². The fourth-order valence-corrected chi connectivity index (χ4v) is 7.48. The lowest BCUT2D eigenvalue weighted by Gasteiger charge is -2.25. The summed E-state index contributed by atoms with van der Waals surface area (Å²) in [5, 5.41) is 13.8. The van der Waals surface area contributed by atoms with Crippen LogP contribution >= 0.6 is 39.3 Å². The number of aromatic nitrogens is 3. The first-order valence-corrected chi connectivity index (χ1v) is 17.8. The predicted molar refractivity (Wildman–Crippen MR) is 175 cm³/mol. The van der Waals surface area contributed by atoms with Crippen LogP contribution in [0.15, 0.2) is 81.3 Å². The average Bonchev–Trinajstić information content (AvgIpc) is 3.46. The van der Waals surface area contributed by atoms with Crippen LogP contribution in [0.5, 0.6) is 0 Å². The second-order valence-corrected chi connectivity index (χ2v) is 14.6. The van der Waals surface area contributed by atoms with E-state index in [0.29, 0.717) is 24.6 Å². The molecule has 2 amide bonds. The number of benzene rings is 3. The molecule has 1 saturated heterocycles. The minimum Gasteiger partial charge on any atom is -0.345 e. The van der Waals surface area contributed by atoms with E-state index in [9.17, 15) is 31.2 Å². The quantitative estimate of drug-likeness (QED) is 0.176. The minimum atomic E-state index is -4.61. The van der Waals surface area contributed by atoms with Gasteiger partial charge in [-0.05, 0) is 79.6 Å². The van der Waals surface area contributed by atoms with Crippen LogP contribution in [0.4, 0.5) is 18.9 Å². The van der Waals surface area contributed by atoms with E-state index in [0.717, 1.165) is 53.7 Å². The number of nitrogens with zero attached hydrogens (tertiary/aromatic N) is 4. The molecule has 10 nitrogen and oxygen atoms in total. The van der Waals surface area contributed by atoms with E-state index in [1.165, 1.54) is 28.6 Å². The van der Waals surface area contributed by atoms with E-state index >= 15 is 0 Å². The van der Waals surface area contributed by atoms with Crippen molar-refractivity contribution in [2.45, 2.75) is 42.0 Å². The van der Waals surface area contributed by atoms with Gasteiger partial charge in [-0.15, -0.1) is 10.2 Å². The molecule has 0 unspecified atom stereocenters. The fourth-order valence-electron chi connectivity index (χ4n) is 4.77. The van der Waals surface area contributed by atoms with Gasteiger partial charge in [0.25, 0.3) is 5.91 Å². The molecule has 47 heavy (non-hydrogen) atoms. The second-order valence-electron chi connectivity index (χ2n) is 10.4. The van der Waals surface area contributed by atoms with Gasteiger partial charge in [-0.25, -0.2) is 8.42 Å². The smallest absolute Gasteiger partial charge is 0.345 e. The number of amides is 2. The van der Waals surface area contributed by atoms with Crippen LogP contribution < -0.4 is 10.6 Å². The maximum atomic E-state index is 13.1. The summed E-state index contributed by atoms with van der Waals surface area (Å²) in [4.78, 5) is 25.8. The van der Waals surface area contributed by atoms with Gasteiger partial charge in [0.2, 0.25) is 15.9 Å². The lowest BCUT2D eigenvalue weighted by Crippen LogP contribution is -2.35. The minimum absolute atomic E-state index is 0.0503. The van der Waals surface area contributed by atoms with E-state index in [-0.39, 0.29) is 38.6 Å². The first kappa shape index (κ1) is 34.9. The summed E-state index contributed by atoms with van der Waals surface area (Å²) in [6.07, 6.45) is -1.99. The molecule has 248 valence electrons. The molecule has 17 heteroatoms. The average molecular weight is 772 g/mol. The van der Waals surface area contributed by atoms with Crippen LogP contribution in [0.25, 0.3) is 5.69 Å². The van der Waals surface area contributed by atoms with Crippen molar-refractivity contribution in [3.8, 4) is 5.69 Å². The van der Waals surface area contributed by atoms with Gasteiger partial charge in [-0.3, -0.25) is 14.2 Å². The molecular weight excluding hydrogens is 745 g/mol. The largest absolute Gasteiger partial charge is 0.416 e. The molecule has 0 bridgehead atoms. The molecule has 0 radical (unpaired) electrons. The lowest BCUT2D eigenvalue weighted by atomic mass is 10.2. The van der Waals surface area contributed by atoms with Crippen LogP contribution in [-0.2, 0) is 27.5 Å². The fraction of sp³-hybridized carbons (Fsp3) is 0.267. The lowest BCUT2D eigenvalue weighted by molar-refractivity contribution is -0.137. The molecule has 1 aliphatic rings. The standard InChI is InChI=1S/C30H27BrClF3N6O4S2/c31-21-7-9-22(10-8-21)41-26(17-36-28(43)19-4-11-23(12-5-19)47(44,45)40-14-2-1-3-15-40)38-39-29(41)46-18-27(42)37-25-16-20(30(33,34)35)6-13-24(25)32/h4-13,16H,1-3,14-15,17-18H2,(H,36,43)(H,37,42). The van der Waals surface area contributed by atoms with Gasteiger partial charge in [-0.2, -0.15) is 17.5 Å². The molecule has 0 atom stereocenters. The summed E-state index contributed by atoms with van der Waals surface area (Å²) in [7, 11) is -3.64. The van der Waals surface area contributed by atoms with Crippen molar-refractivity contribution in [2.24, 2.45) is 0 Å². The summed E-state index contributed by atoms with van der Waals surface area (Å²) < 4.78 is 69.2. The van der Waals surface area contributed by atoms with Crippen molar-refractivity contribution in [3.05, 3.63) is 93.2 Å². The number of anilines is 1. The topological polar surface area (TPSA) is 126 Å². The third-order valence-corrected chi connectivity index (χ3v) is 10.9. The molecule has 4 aromatic rings. The number of alkyl halides is 3. The van der Waals surface area contributed by atoms with E-state index < -0.39 is 33.6 Å². The monoisotopic (exact) mass is 770 g/mol. The Labute approximate surface area is 286 Å². The zero-order chi connectivity index (χ0) is 33.8. The molecule has 1 aliphatic heterocycles. The van der Waals surface area contributed by atoms with Crippen LogP contribution in [-0.4, -0.2) is 58.1 Å². The van der Waals surface area contributed by atoms with Crippen molar-refractivity contribution < 1.29 is 31.2 Å². The third kappa shape index (κ3) is 8.54. The molecule has 0 aliphatic carbocycles. The van der Waals surface area contributed by atoms with E-state index in [4.69, 9.17) is 11.6 Å². The third-order valence-electron chi connectivity index (χ3n) is 7.16. The first-order chi connectivity index (χ1) is 22.3. The van der Waals surface area contributed by atoms with Crippen molar-refractivity contribution in [3.63, 3.8) is 0 Å². The number of nitrogens with one attached hydrogen (secondary N) is 2. The Bertz CT molecular complexity index is 1870. The van der Waals surface area contributed by atoms with Gasteiger partial charge < -0.3 is 10.6 Å². The Balaban J connectivity index is 1.28. The van der Waals surface area contributed by atoms with Gasteiger partial charge in [0, 0.05) is 28.8 Å². The number of carbonyl (C=O) groups is 2. The number of hydrogen-bond donors (Lipinski definition) is 2. The van der Waals surface area contributed by atoms with Gasteiger partial charge in [0.1, 0.15) is 0 Å². The Kier molecular flexibility index (Phi) is 11.0. The van der Waals surface area contributed by atoms with Crippen LogP contribution in [0.1, 0.15) is 41.0 Å². The normalized spacial score (nSPS) is 14.1. The van der Waals surface area contributed by atoms with Crippen LogP contribution in [0, 0.1) is 0 Å². The molecule has 2 N–H and O–H groups in total. The second kappa shape index (κ2) is 14.8. The zero-order valence-electron chi connectivity index (χ0n) is 24.4. The number of halogens is 5. The van der Waals surface area contributed by atoms with Crippen molar-refractivity contribution >= 4 is 66.8 Å². The van der Waals surface area contributed by atoms with Crippen LogP contribution in [0.2, 0.25) is 5.02 Å². The Morgan fingerprint density at radius 2 is 1.64 bits per heavy atom. The summed E-state index contributed by atoms with van der Waals surface area (Å²) in [6, 6.07) is 15.5. The zero-order valence-corrected chi connectivity index (χ0v) is 28.4. The maximum absolute atomic E-state index is 13.1. The summed E-state index contributed by atoms with van der Waals surface area (Å²) in [6.45, 7) is 0.875. The molecule has 1 aromatic heterocycles. The van der Waals surface area contributed by atoms with Crippen molar-refractivity contribution in [1.29, 1.82) is 0 Å². The number of carbonyl (C=O) groups excluding carboxylic acids is 2. The van der Waals surface area contributed by atoms with E-state index in [2.05, 4.69) is 36.8 Å². The summed E-state index contributed by atoms with van der Waals surface area (Å²) >= 11 is 10.4. The van der Waals surface area contributed by atoms with E-state index in [1.807, 2.05) is 0 Å². The Hall–Kier alpha value is -3.44. The summed E-state index contributed by atoms with van der Waals surface area (Å²) in [5.74, 6) is -1.000. The van der Waals surface area contributed by atoms with Crippen LogP contribution in [0.3, 0.4) is 0 Å². The number of thioether (sulfide) groups is 1. The predicted octanol–water partition coefficient (Wildman–Crippen LogP) is 6.54. The Morgan fingerprint density at radius 1 is 0.957 bits per heavy atom. The highest BCUT2D eigenvalue weighted by molar-refractivity contribution is 9.10. The molecule has 0 spiro atoms. The molecule has 2 heterocycles. The molecule has 0 saturated carbocycles. The highest BCUT2D eigenvalue weighted by atomic mass is 79.9. The molecule has 3 aromatic carbocycles. The number of piperidine rings is 1. The highest BCUT2D eigenvalue weighted by Gasteiger charge is 2.31. The maximum Gasteiger partial charge on any atom is 0.416 e. The molecular formula is C30H27BrClF3N6O4S2. The Morgan fingerprint density at radius 3 is 2.30 bits per heavy atom.